The molecule has 0 aromatic heterocycles. The smallest absolute Gasteiger partial charge is 0.321 e. The zero-order valence-electron chi connectivity index (χ0n) is 10.1. The van der Waals surface area contributed by atoms with Crippen LogP contribution in [0.4, 0.5) is 10.5 Å². The molecule has 0 spiro atoms. The molecule has 1 heterocycles. The lowest BCUT2D eigenvalue weighted by atomic mass is 10.1. The minimum atomic E-state index is -0.0331. The Hall–Kier alpha value is -1.71. The average Bonchev–Trinajstić information content (AvgIpc) is 2.40. The molecule has 17 heavy (non-hydrogen) atoms. The first kappa shape index (κ1) is 11.8. The van der Waals surface area contributed by atoms with Crippen LogP contribution < -0.4 is 10.1 Å². The van der Waals surface area contributed by atoms with Gasteiger partial charge in [-0.3, -0.25) is 0 Å². The molecule has 1 aliphatic rings. The molecule has 1 N–H and O–H groups in total. The molecule has 1 aromatic carbocycles. The molecule has 1 fully saturated rings. The molecule has 0 saturated carbocycles. The molecular weight excluding hydrogens is 216 g/mol. The van der Waals surface area contributed by atoms with E-state index in [1.807, 2.05) is 29.2 Å². The number of amides is 2. The van der Waals surface area contributed by atoms with Crippen molar-refractivity contribution in [1.82, 2.24) is 4.90 Å². The Morgan fingerprint density at radius 2 is 1.94 bits per heavy atom. The van der Waals surface area contributed by atoms with Gasteiger partial charge in [-0.25, -0.2) is 4.79 Å². The molecule has 1 aromatic rings. The van der Waals surface area contributed by atoms with E-state index in [9.17, 15) is 4.79 Å². The predicted octanol–water partition coefficient (Wildman–Crippen LogP) is 2.71. The van der Waals surface area contributed by atoms with Crippen molar-refractivity contribution < 1.29 is 9.53 Å². The van der Waals surface area contributed by atoms with Crippen molar-refractivity contribution in [3.63, 3.8) is 0 Å². The van der Waals surface area contributed by atoms with Crippen LogP contribution in [0.3, 0.4) is 0 Å². The number of methoxy groups -OCH3 is 1. The monoisotopic (exact) mass is 234 g/mol. The Balaban J connectivity index is 2.01. The number of nitrogens with zero attached hydrogens (tertiary/aromatic N) is 1. The van der Waals surface area contributed by atoms with Gasteiger partial charge in [-0.2, -0.15) is 0 Å². The number of piperidine rings is 1. The number of hydrogen-bond donors (Lipinski definition) is 1. The van der Waals surface area contributed by atoms with Gasteiger partial charge < -0.3 is 15.0 Å². The van der Waals surface area contributed by atoms with E-state index >= 15 is 0 Å². The number of ether oxygens (including phenoxy) is 1. The fourth-order valence-corrected chi connectivity index (χ4v) is 2.04. The van der Waals surface area contributed by atoms with Crippen molar-refractivity contribution in [2.75, 3.05) is 25.5 Å². The number of rotatable bonds is 2. The van der Waals surface area contributed by atoms with Crippen molar-refractivity contribution in [2.45, 2.75) is 19.3 Å². The molecular formula is C13H18N2O2. The van der Waals surface area contributed by atoms with Gasteiger partial charge in [0.15, 0.2) is 0 Å². The average molecular weight is 234 g/mol. The van der Waals surface area contributed by atoms with Crippen LogP contribution in [-0.4, -0.2) is 31.1 Å². The van der Waals surface area contributed by atoms with E-state index in [4.69, 9.17) is 4.74 Å². The Morgan fingerprint density at radius 1 is 1.24 bits per heavy atom. The first-order valence-electron chi connectivity index (χ1n) is 6.00. The highest BCUT2D eigenvalue weighted by molar-refractivity contribution is 5.91. The third kappa shape index (κ3) is 2.90. The number of urea groups is 1. The van der Waals surface area contributed by atoms with E-state index in [0.717, 1.165) is 31.6 Å². The Bertz CT molecular complexity index is 387. The summed E-state index contributed by atoms with van der Waals surface area (Å²) in [5.74, 6) is 0.692. The van der Waals surface area contributed by atoms with E-state index in [2.05, 4.69) is 5.32 Å². The largest absolute Gasteiger partial charge is 0.495 e. The maximum atomic E-state index is 12.0. The quantitative estimate of drug-likeness (QED) is 0.854. The third-order valence-corrected chi connectivity index (χ3v) is 2.99. The normalized spacial score (nSPS) is 15.5. The minimum Gasteiger partial charge on any atom is -0.495 e. The number of benzene rings is 1. The lowest BCUT2D eigenvalue weighted by molar-refractivity contribution is 0.200. The van der Waals surface area contributed by atoms with Crippen molar-refractivity contribution in [3.05, 3.63) is 24.3 Å². The topological polar surface area (TPSA) is 41.6 Å². The summed E-state index contributed by atoms with van der Waals surface area (Å²) in [6.45, 7) is 1.70. The Kier molecular flexibility index (Phi) is 3.85. The van der Waals surface area contributed by atoms with Gasteiger partial charge in [0, 0.05) is 13.1 Å². The number of carbonyl (C=O) groups excluding carboxylic acids is 1. The van der Waals surface area contributed by atoms with Gasteiger partial charge in [0.25, 0.3) is 0 Å². The SMILES string of the molecule is COc1ccccc1NC(=O)N1CCCCC1. The van der Waals surface area contributed by atoms with Crippen molar-refractivity contribution >= 4 is 11.7 Å². The van der Waals surface area contributed by atoms with E-state index in [1.54, 1.807) is 7.11 Å². The molecule has 0 atom stereocenters. The summed E-state index contributed by atoms with van der Waals surface area (Å²) in [4.78, 5) is 13.9. The molecule has 1 saturated heterocycles. The van der Waals surface area contributed by atoms with E-state index in [-0.39, 0.29) is 6.03 Å². The molecule has 0 radical (unpaired) electrons. The minimum absolute atomic E-state index is 0.0331. The highest BCUT2D eigenvalue weighted by atomic mass is 16.5. The molecule has 4 heteroatoms. The second-order valence-electron chi connectivity index (χ2n) is 4.18. The molecule has 4 nitrogen and oxygen atoms in total. The van der Waals surface area contributed by atoms with Gasteiger partial charge in [0.05, 0.1) is 12.8 Å². The molecule has 1 aliphatic heterocycles. The summed E-state index contributed by atoms with van der Waals surface area (Å²) in [5, 5.41) is 2.89. The molecule has 2 amide bonds. The van der Waals surface area contributed by atoms with Crippen molar-refractivity contribution in [2.24, 2.45) is 0 Å². The summed E-state index contributed by atoms with van der Waals surface area (Å²) >= 11 is 0. The summed E-state index contributed by atoms with van der Waals surface area (Å²) in [6, 6.07) is 7.42. The van der Waals surface area contributed by atoms with E-state index < -0.39 is 0 Å². The number of hydrogen-bond acceptors (Lipinski definition) is 2. The molecule has 2 rings (SSSR count). The molecule has 0 bridgehead atoms. The lowest BCUT2D eigenvalue weighted by Gasteiger charge is -2.27. The van der Waals surface area contributed by atoms with Gasteiger partial charge in [-0.05, 0) is 31.4 Å². The Morgan fingerprint density at radius 3 is 2.65 bits per heavy atom. The van der Waals surface area contributed by atoms with Gasteiger partial charge in [-0.1, -0.05) is 12.1 Å². The Labute approximate surface area is 102 Å². The van der Waals surface area contributed by atoms with Crippen molar-refractivity contribution in [1.29, 1.82) is 0 Å². The fourth-order valence-electron chi connectivity index (χ4n) is 2.04. The predicted molar refractivity (Wildman–Crippen MR) is 67.4 cm³/mol. The molecule has 0 unspecified atom stereocenters. The van der Waals surface area contributed by atoms with Crippen LogP contribution >= 0.6 is 0 Å². The fraction of sp³-hybridized carbons (Fsp3) is 0.462. The van der Waals surface area contributed by atoms with Crippen LogP contribution in [0.25, 0.3) is 0 Å². The number of carbonyl (C=O) groups is 1. The van der Waals surface area contributed by atoms with Gasteiger partial charge in [0.1, 0.15) is 5.75 Å². The van der Waals surface area contributed by atoms with Crippen LogP contribution in [0.2, 0.25) is 0 Å². The third-order valence-electron chi connectivity index (χ3n) is 2.99. The van der Waals surface area contributed by atoms with Crippen LogP contribution in [0.15, 0.2) is 24.3 Å². The second kappa shape index (κ2) is 5.57. The molecule has 0 aliphatic carbocycles. The number of likely N-dealkylation sites (tertiary alicyclic amines) is 1. The van der Waals surface area contributed by atoms with E-state index in [1.165, 1.54) is 6.42 Å². The van der Waals surface area contributed by atoms with Crippen LogP contribution in [0.5, 0.6) is 5.75 Å². The highest BCUT2D eigenvalue weighted by Gasteiger charge is 2.17. The maximum Gasteiger partial charge on any atom is 0.321 e. The van der Waals surface area contributed by atoms with Crippen LogP contribution in [0.1, 0.15) is 19.3 Å². The van der Waals surface area contributed by atoms with Gasteiger partial charge >= 0.3 is 6.03 Å². The maximum absolute atomic E-state index is 12.0. The summed E-state index contributed by atoms with van der Waals surface area (Å²) in [6.07, 6.45) is 3.41. The standard InChI is InChI=1S/C13H18N2O2/c1-17-12-8-4-3-7-11(12)14-13(16)15-9-5-2-6-10-15/h3-4,7-8H,2,5-6,9-10H2,1H3,(H,14,16). The molecule has 92 valence electrons. The number of nitrogens with one attached hydrogen (secondary N) is 1. The van der Waals surface area contributed by atoms with Crippen molar-refractivity contribution in [3.8, 4) is 5.75 Å². The first-order chi connectivity index (χ1) is 8.31. The summed E-state index contributed by atoms with van der Waals surface area (Å²) in [5.41, 5.74) is 0.727. The summed E-state index contributed by atoms with van der Waals surface area (Å²) < 4.78 is 5.20. The highest BCUT2D eigenvalue weighted by Crippen LogP contribution is 2.23. The zero-order chi connectivity index (χ0) is 12.1. The number of para-hydroxylation sites is 2. The van der Waals surface area contributed by atoms with Gasteiger partial charge in [-0.15, -0.1) is 0 Å². The number of anilines is 1. The van der Waals surface area contributed by atoms with E-state index in [0.29, 0.717) is 5.75 Å². The lowest BCUT2D eigenvalue weighted by Crippen LogP contribution is -2.38. The zero-order valence-corrected chi connectivity index (χ0v) is 10.1. The van der Waals surface area contributed by atoms with Crippen LogP contribution in [0, 0.1) is 0 Å². The second-order valence-corrected chi connectivity index (χ2v) is 4.18. The summed E-state index contributed by atoms with van der Waals surface area (Å²) in [7, 11) is 1.60. The first-order valence-corrected chi connectivity index (χ1v) is 6.00. The van der Waals surface area contributed by atoms with Gasteiger partial charge in [0.2, 0.25) is 0 Å². The van der Waals surface area contributed by atoms with Crippen LogP contribution in [-0.2, 0) is 0 Å².